The number of para-hydroxylation sites is 1. The summed E-state index contributed by atoms with van der Waals surface area (Å²) < 4.78 is 33.3. The standard InChI is InChI=1S/C22H28N2O4S/c1-28-20-9-5-6-10-21(20)29(26,27)24-14-19-13-23(15-22(19,16-24)17-25)12-11-18-7-3-2-4-8-18/h2-10,19,25H,11-17H2,1H3. The Morgan fingerprint density at radius 2 is 1.79 bits per heavy atom. The molecule has 0 saturated carbocycles. The summed E-state index contributed by atoms with van der Waals surface area (Å²) in [4.78, 5) is 2.55. The first-order chi connectivity index (χ1) is 14.0. The third-order valence-corrected chi connectivity index (χ3v) is 8.21. The summed E-state index contributed by atoms with van der Waals surface area (Å²) in [5.74, 6) is 0.486. The molecule has 2 atom stereocenters. The first kappa shape index (κ1) is 20.3. The molecule has 2 heterocycles. The fraction of sp³-hybridized carbons (Fsp3) is 0.455. The maximum Gasteiger partial charge on any atom is 0.246 e. The largest absolute Gasteiger partial charge is 0.495 e. The van der Waals surface area contributed by atoms with Gasteiger partial charge in [-0.1, -0.05) is 42.5 Å². The van der Waals surface area contributed by atoms with Crippen molar-refractivity contribution < 1.29 is 18.3 Å². The van der Waals surface area contributed by atoms with Crippen molar-refractivity contribution >= 4 is 10.0 Å². The van der Waals surface area contributed by atoms with Crippen LogP contribution in [-0.4, -0.2) is 69.2 Å². The molecule has 0 spiro atoms. The summed E-state index contributed by atoms with van der Waals surface area (Å²) in [7, 11) is -2.19. The van der Waals surface area contributed by atoms with Crippen LogP contribution in [0.25, 0.3) is 0 Å². The second kappa shape index (κ2) is 8.07. The zero-order valence-electron chi connectivity index (χ0n) is 16.7. The summed E-state index contributed by atoms with van der Waals surface area (Å²) in [6, 6.07) is 17.1. The van der Waals surface area contributed by atoms with Crippen molar-refractivity contribution in [1.29, 1.82) is 0 Å². The third kappa shape index (κ3) is 3.80. The lowest BCUT2D eigenvalue weighted by atomic mass is 9.82. The molecule has 2 aliphatic heterocycles. The molecule has 2 saturated heterocycles. The minimum absolute atomic E-state index is 0.00253. The van der Waals surface area contributed by atoms with Gasteiger partial charge in [0, 0.05) is 38.1 Å². The number of hydrogen-bond donors (Lipinski definition) is 1. The van der Waals surface area contributed by atoms with E-state index in [0.29, 0.717) is 18.8 Å². The monoisotopic (exact) mass is 416 g/mol. The zero-order valence-corrected chi connectivity index (χ0v) is 17.5. The fourth-order valence-corrected chi connectivity index (χ4v) is 6.46. The van der Waals surface area contributed by atoms with E-state index in [1.165, 1.54) is 17.0 Å². The maximum absolute atomic E-state index is 13.2. The predicted molar refractivity (Wildman–Crippen MR) is 111 cm³/mol. The Balaban J connectivity index is 1.47. The first-order valence-electron chi connectivity index (χ1n) is 9.99. The van der Waals surface area contributed by atoms with Gasteiger partial charge in [0.15, 0.2) is 0 Å². The Kier molecular flexibility index (Phi) is 5.66. The van der Waals surface area contributed by atoms with E-state index in [1.807, 2.05) is 18.2 Å². The Hall–Kier alpha value is -1.93. The highest BCUT2D eigenvalue weighted by atomic mass is 32.2. The molecule has 0 aromatic heterocycles. The third-order valence-electron chi connectivity index (χ3n) is 6.36. The van der Waals surface area contributed by atoms with E-state index < -0.39 is 15.4 Å². The Morgan fingerprint density at radius 1 is 1.07 bits per heavy atom. The summed E-state index contributed by atoms with van der Waals surface area (Å²) >= 11 is 0. The normalized spacial score (nSPS) is 25.2. The predicted octanol–water partition coefficient (Wildman–Crippen LogP) is 1.85. The van der Waals surface area contributed by atoms with Crippen LogP contribution in [0.5, 0.6) is 5.75 Å². The van der Waals surface area contributed by atoms with Crippen molar-refractivity contribution in [2.45, 2.75) is 11.3 Å². The highest BCUT2D eigenvalue weighted by molar-refractivity contribution is 7.89. The number of aliphatic hydroxyl groups is 1. The van der Waals surface area contributed by atoms with Crippen LogP contribution in [0.15, 0.2) is 59.5 Å². The first-order valence-corrected chi connectivity index (χ1v) is 11.4. The molecule has 7 heteroatoms. The molecule has 2 aromatic rings. The average Bonchev–Trinajstić information content (AvgIpc) is 3.28. The number of aliphatic hydroxyl groups excluding tert-OH is 1. The highest BCUT2D eigenvalue weighted by Gasteiger charge is 2.54. The quantitative estimate of drug-likeness (QED) is 0.746. The van der Waals surface area contributed by atoms with Gasteiger partial charge in [-0.05, 0) is 30.0 Å². The summed E-state index contributed by atoms with van der Waals surface area (Å²) in [5, 5.41) is 10.2. The van der Waals surface area contributed by atoms with Crippen LogP contribution in [0, 0.1) is 11.3 Å². The van der Waals surface area contributed by atoms with Crippen LogP contribution in [0.3, 0.4) is 0 Å². The van der Waals surface area contributed by atoms with Crippen molar-refractivity contribution in [2.24, 2.45) is 11.3 Å². The van der Waals surface area contributed by atoms with Crippen LogP contribution < -0.4 is 4.74 Å². The summed E-state index contributed by atoms with van der Waals surface area (Å²) in [6.45, 7) is 3.22. The number of hydrogen-bond acceptors (Lipinski definition) is 5. The lowest BCUT2D eigenvalue weighted by Crippen LogP contribution is -2.39. The molecule has 2 aliphatic rings. The van der Waals surface area contributed by atoms with E-state index in [4.69, 9.17) is 4.74 Å². The molecule has 0 aliphatic carbocycles. The second-order valence-electron chi connectivity index (χ2n) is 8.14. The van der Waals surface area contributed by atoms with E-state index in [-0.39, 0.29) is 17.4 Å². The van der Waals surface area contributed by atoms with Gasteiger partial charge in [-0.15, -0.1) is 0 Å². The molecule has 29 heavy (non-hydrogen) atoms. The number of ether oxygens (including phenoxy) is 1. The lowest BCUT2D eigenvalue weighted by molar-refractivity contribution is 0.120. The van der Waals surface area contributed by atoms with Crippen LogP contribution in [0.2, 0.25) is 0 Å². The molecule has 6 nitrogen and oxygen atoms in total. The van der Waals surface area contributed by atoms with Gasteiger partial charge in [0.1, 0.15) is 10.6 Å². The van der Waals surface area contributed by atoms with E-state index in [2.05, 4.69) is 17.0 Å². The SMILES string of the molecule is COc1ccccc1S(=O)(=O)N1CC2CN(CCc3ccccc3)CC2(CO)C1. The number of sulfonamides is 1. The van der Waals surface area contributed by atoms with Gasteiger partial charge in [0.25, 0.3) is 0 Å². The van der Waals surface area contributed by atoms with Gasteiger partial charge in [-0.3, -0.25) is 0 Å². The van der Waals surface area contributed by atoms with Gasteiger partial charge >= 0.3 is 0 Å². The van der Waals surface area contributed by atoms with E-state index in [9.17, 15) is 13.5 Å². The van der Waals surface area contributed by atoms with Crippen molar-refractivity contribution in [1.82, 2.24) is 9.21 Å². The molecule has 4 rings (SSSR count). The van der Waals surface area contributed by atoms with E-state index >= 15 is 0 Å². The minimum atomic E-state index is -3.67. The molecular formula is C22H28N2O4S. The Morgan fingerprint density at radius 3 is 2.48 bits per heavy atom. The number of fused-ring (bicyclic) bond motifs is 1. The van der Waals surface area contributed by atoms with Crippen molar-refractivity contribution in [3.05, 3.63) is 60.2 Å². The number of benzene rings is 2. The topological polar surface area (TPSA) is 70.1 Å². The van der Waals surface area contributed by atoms with Crippen molar-refractivity contribution in [2.75, 3.05) is 46.4 Å². The van der Waals surface area contributed by atoms with E-state index in [1.54, 1.807) is 24.3 Å². The lowest BCUT2D eigenvalue weighted by Gasteiger charge is -2.27. The van der Waals surface area contributed by atoms with Crippen LogP contribution in [0.4, 0.5) is 0 Å². The zero-order chi connectivity index (χ0) is 20.5. The second-order valence-corrected chi connectivity index (χ2v) is 10.0. The number of likely N-dealkylation sites (tertiary alicyclic amines) is 1. The number of methoxy groups -OCH3 is 1. The Bertz CT molecular complexity index is 950. The smallest absolute Gasteiger partial charge is 0.246 e. The van der Waals surface area contributed by atoms with Crippen LogP contribution in [0.1, 0.15) is 5.56 Å². The van der Waals surface area contributed by atoms with Crippen LogP contribution >= 0.6 is 0 Å². The van der Waals surface area contributed by atoms with Gasteiger partial charge in [0.2, 0.25) is 10.0 Å². The fourth-order valence-electron chi connectivity index (χ4n) is 4.72. The van der Waals surface area contributed by atoms with Gasteiger partial charge in [-0.25, -0.2) is 8.42 Å². The molecular weight excluding hydrogens is 388 g/mol. The summed E-state index contributed by atoms with van der Waals surface area (Å²) in [6.07, 6.45) is 0.957. The minimum Gasteiger partial charge on any atom is -0.495 e. The van der Waals surface area contributed by atoms with Crippen molar-refractivity contribution in [3.63, 3.8) is 0 Å². The van der Waals surface area contributed by atoms with Gasteiger partial charge in [0.05, 0.1) is 13.7 Å². The molecule has 2 fully saturated rings. The molecule has 1 N–H and O–H groups in total. The van der Waals surface area contributed by atoms with Gasteiger partial charge < -0.3 is 14.7 Å². The number of rotatable bonds is 7. The van der Waals surface area contributed by atoms with Crippen LogP contribution in [-0.2, 0) is 16.4 Å². The molecule has 0 bridgehead atoms. The molecule has 2 unspecified atom stereocenters. The Labute approximate surface area is 172 Å². The molecule has 0 radical (unpaired) electrons. The average molecular weight is 417 g/mol. The van der Waals surface area contributed by atoms with E-state index in [0.717, 1.165) is 26.1 Å². The highest BCUT2D eigenvalue weighted by Crippen LogP contribution is 2.44. The molecule has 0 amide bonds. The molecule has 156 valence electrons. The van der Waals surface area contributed by atoms with Gasteiger partial charge in [-0.2, -0.15) is 4.31 Å². The van der Waals surface area contributed by atoms with Crippen molar-refractivity contribution in [3.8, 4) is 5.75 Å². The summed E-state index contributed by atoms with van der Waals surface area (Å²) in [5.41, 5.74) is 0.897. The molecule has 2 aromatic carbocycles. The maximum atomic E-state index is 13.2. The number of nitrogens with zero attached hydrogens (tertiary/aromatic N) is 2.